The zero-order valence-corrected chi connectivity index (χ0v) is 11.4. The lowest BCUT2D eigenvalue weighted by Crippen LogP contribution is -2.19. The molecule has 0 aliphatic heterocycles. The maximum atomic E-state index is 9.57. The van der Waals surface area contributed by atoms with Crippen LogP contribution < -0.4 is 5.73 Å². The van der Waals surface area contributed by atoms with Gasteiger partial charge in [-0.2, -0.15) is 0 Å². The zero-order valence-electron chi connectivity index (χ0n) is 8.96. The van der Waals surface area contributed by atoms with Crippen molar-refractivity contribution in [3.05, 3.63) is 22.7 Å². The first-order valence-corrected chi connectivity index (χ1v) is 6.56. The Hall–Kier alpha value is -0.190. The van der Waals surface area contributed by atoms with Crippen molar-refractivity contribution in [2.45, 2.75) is 30.8 Å². The van der Waals surface area contributed by atoms with Crippen molar-refractivity contribution in [2.75, 3.05) is 11.5 Å². The zero-order chi connectivity index (χ0) is 11.5. The van der Waals surface area contributed by atoms with E-state index in [-0.39, 0.29) is 0 Å². The van der Waals surface area contributed by atoms with Gasteiger partial charge in [0.15, 0.2) is 0 Å². The molecule has 3 N–H and O–H groups in total. The second-order valence-corrected chi connectivity index (χ2v) is 6.15. The third-order valence-electron chi connectivity index (χ3n) is 1.95. The molecule has 0 fully saturated rings. The summed E-state index contributed by atoms with van der Waals surface area (Å²) in [5, 5.41) is 9.57. The predicted octanol–water partition coefficient (Wildman–Crippen LogP) is 3.28. The summed E-state index contributed by atoms with van der Waals surface area (Å²) in [6.45, 7) is 3.63. The van der Waals surface area contributed by atoms with E-state index in [0.717, 1.165) is 27.2 Å². The number of anilines is 1. The van der Waals surface area contributed by atoms with Crippen molar-refractivity contribution in [3.63, 3.8) is 0 Å². The van der Waals surface area contributed by atoms with Crippen molar-refractivity contribution in [2.24, 2.45) is 0 Å². The molecule has 4 heteroatoms. The number of rotatable bonds is 4. The highest BCUT2D eigenvalue weighted by molar-refractivity contribution is 9.10. The minimum absolute atomic E-state index is 0.603. The van der Waals surface area contributed by atoms with Gasteiger partial charge >= 0.3 is 0 Å². The normalized spacial score (nSPS) is 11.7. The molecule has 2 nitrogen and oxygen atoms in total. The van der Waals surface area contributed by atoms with Crippen LogP contribution in [0, 0.1) is 0 Å². The van der Waals surface area contributed by atoms with Crippen LogP contribution >= 0.6 is 27.7 Å². The van der Waals surface area contributed by atoms with Crippen LogP contribution in [-0.2, 0) is 0 Å². The van der Waals surface area contributed by atoms with Crippen LogP contribution in [-0.4, -0.2) is 16.5 Å². The minimum Gasteiger partial charge on any atom is -0.398 e. The Labute approximate surface area is 103 Å². The van der Waals surface area contributed by atoms with E-state index in [1.807, 2.05) is 32.0 Å². The van der Waals surface area contributed by atoms with Crippen molar-refractivity contribution < 1.29 is 5.11 Å². The Morgan fingerprint density at radius 1 is 1.47 bits per heavy atom. The minimum atomic E-state index is -0.603. The van der Waals surface area contributed by atoms with Crippen LogP contribution in [0.4, 0.5) is 5.69 Å². The molecular formula is C11H16BrNOS. The lowest BCUT2D eigenvalue weighted by Gasteiger charge is -2.16. The van der Waals surface area contributed by atoms with Gasteiger partial charge in [0.2, 0.25) is 0 Å². The van der Waals surface area contributed by atoms with E-state index in [1.165, 1.54) is 0 Å². The highest BCUT2D eigenvalue weighted by atomic mass is 79.9. The molecule has 0 saturated heterocycles. The molecule has 0 radical (unpaired) electrons. The smallest absolute Gasteiger partial charge is 0.0599 e. The standard InChI is InChI=1S/C11H16BrNOS/c1-11(2,14)5-6-15-10-7-8(12)3-4-9(10)13/h3-4,7,14H,5-6,13H2,1-2H3. The molecule has 0 aliphatic carbocycles. The molecule has 0 atom stereocenters. The summed E-state index contributed by atoms with van der Waals surface area (Å²) in [6.07, 6.45) is 0.754. The molecule has 0 unspecified atom stereocenters. The van der Waals surface area contributed by atoms with E-state index in [0.29, 0.717) is 0 Å². The van der Waals surface area contributed by atoms with E-state index >= 15 is 0 Å². The summed E-state index contributed by atoms with van der Waals surface area (Å²) in [6, 6.07) is 5.82. The van der Waals surface area contributed by atoms with Gasteiger partial charge in [-0.1, -0.05) is 15.9 Å². The molecule has 15 heavy (non-hydrogen) atoms. The lowest BCUT2D eigenvalue weighted by atomic mass is 10.1. The molecule has 84 valence electrons. The van der Waals surface area contributed by atoms with Crippen LogP contribution in [0.1, 0.15) is 20.3 Å². The predicted molar refractivity (Wildman–Crippen MR) is 70.2 cm³/mol. The van der Waals surface area contributed by atoms with Crippen molar-refractivity contribution in [1.82, 2.24) is 0 Å². The van der Waals surface area contributed by atoms with E-state index in [2.05, 4.69) is 15.9 Å². The molecule has 0 spiro atoms. The monoisotopic (exact) mass is 289 g/mol. The molecule has 1 aromatic rings. The highest BCUT2D eigenvalue weighted by Crippen LogP contribution is 2.29. The summed E-state index contributed by atoms with van der Waals surface area (Å²) in [7, 11) is 0. The Bertz CT molecular complexity index is 336. The van der Waals surface area contributed by atoms with Crippen LogP contribution in [0.15, 0.2) is 27.6 Å². The fourth-order valence-corrected chi connectivity index (χ4v) is 2.82. The fraction of sp³-hybridized carbons (Fsp3) is 0.455. The van der Waals surface area contributed by atoms with Gasteiger partial charge in [-0.05, 0) is 38.5 Å². The van der Waals surface area contributed by atoms with Gasteiger partial charge in [0.05, 0.1) is 5.60 Å². The SMILES string of the molecule is CC(C)(O)CCSc1cc(Br)ccc1N. The van der Waals surface area contributed by atoms with Gasteiger partial charge in [-0.3, -0.25) is 0 Å². The molecule has 1 rings (SSSR count). The fourth-order valence-electron chi connectivity index (χ4n) is 1.04. The number of benzene rings is 1. The topological polar surface area (TPSA) is 46.2 Å². The summed E-state index contributed by atoms with van der Waals surface area (Å²) in [4.78, 5) is 1.06. The number of aliphatic hydroxyl groups is 1. The quantitative estimate of drug-likeness (QED) is 0.661. The summed E-state index contributed by atoms with van der Waals surface area (Å²) >= 11 is 5.08. The number of nitrogens with two attached hydrogens (primary N) is 1. The second kappa shape index (κ2) is 5.23. The molecule has 0 bridgehead atoms. The van der Waals surface area contributed by atoms with E-state index in [9.17, 15) is 5.11 Å². The summed E-state index contributed by atoms with van der Waals surface area (Å²) in [5.74, 6) is 0.865. The van der Waals surface area contributed by atoms with Crippen LogP contribution in [0.3, 0.4) is 0 Å². The van der Waals surface area contributed by atoms with E-state index in [4.69, 9.17) is 5.73 Å². The number of thioether (sulfide) groups is 1. The first-order valence-electron chi connectivity index (χ1n) is 4.79. The first kappa shape index (κ1) is 12.9. The molecule has 0 aromatic heterocycles. The van der Waals surface area contributed by atoms with Crippen molar-refractivity contribution in [1.29, 1.82) is 0 Å². The Morgan fingerprint density at radius 2 is 2.13 bits per heavy atom. The maximum absolute atomic E-state index is 9.57. The van der Waals surface area contributed by atoms with E-state index in [1.54, 1.807) is 11.8 Å². The molecule has 1 aromatic carbocycles. The van der Waals surface area contributed by atoms with Crippen LogP contribution in [0.5, 0.6) is 0 Å². The third-order valence-corrected chi connectivity index (χ3v) is 3.51. The van der Waals surface area contributed by atoms with Crippen molar-refractivity contribution >= 4 is 33.4 Å². The number of hydrogen-bond donors (Lipinski definition) is 2. The Kier molecular flexibility index (Phi) is 4.49. The molecule has 0 amide bonds. The number of nitrogen functional groups attached to an aromatic ring is 1. The Morgan fingerprint density at radius 3 is 2.73 bits per heavy atom. The average Bonchev–Trinajstić information content (AvgIpc) is 2.09. The lowest BCUT2D eigenvalue weighted by molar-refractivity contribution is 0.0778. The second-order valence-electron chi connectivity index (χ2n) is 4.09. The highest BCUT2D eigenvalue weighted by Gasteiger charge is 2.12. The maximum Gasteiger partial charge on any atom is 0.0599 e. The summed E-state index contributed by atoms with van der Waals surface area (Å²) in [5.41, 5.74) is 6.02. The van der Waals surface area contributed by atoms with Gasteiger partial charge in [-0.25, -0.2) is 0 Å². The van der Waals surface area contributed by atoms with Gasteiger partial charge in [0.25, 0.3) is 0 Å². The van der Waals surface area contributed by atoms with Gasteiger partial charge in [0.1, 0.15) is 0 Å². The van der Waals surface area contributed by atoms with Gasteiger partial charge in [0, 0.05) is 20.8 Å². The Balaban J connectivity index is 2.54. The van der Waals surface area contributed by atoms with Crippen LogP contribution in [0.2, 0.25) is 0 Å². The molecule has 0 saturated carbocycles. The van der Waals surface area contributed by atoms with Crippen LogP contribution in [0.25, 0.3) is 0 Å². The van der Waals surface area contributed by atoms with Crippen molar-refractivity contribution in [3.8, 4) is 0 Å². The average molecular weight is 290 g/mol. The third kappa shape index (κ3) is 4.91. The largest absolute Gasteiger partial charge is 0.398 e. The molecular weight excluding hydrogens is 274 g/mol. The van der Waals surface area contributed by atoms with Gasteiger partial charge in [-0.15, -0.1) is 11.8 Å². The molecule has 0 heterocycles. The number of halogens is 1. The van der Waals surface area contributed by atoms with E-state index < -0.39 is 5.60 Å². The summed E-state index contributed by atoms with van der Waals surface area (Å²) < 4.78 is 1.03. The molecule has 0 aliphatic rings. The first-order chi connectivity index (χ1) is 6.88. The van der Waals surface area contributed by atoms with Gasteiger partial charge < -0.3 is 10.8 Å². The number of hydrogen-bond acceptors (Lipinski definition) is 3.